The van der Waals surface area contributed by atoms with Gasteiger partial charge in [0, 0.05) is 51.7 Å². The zero-order chi connectivity index (χ0) is 16.9. The summed E-state index contributed by atoms with van der Waals surface area (Å²) in [5, 5.41) is 6.82. The van der Waals surface area contributed by atoms with Gasteiger partial charge in [-0.1, -0.05) is 6.92 Å². The molecule has 0 aromatic rings. The molecule has 3 rings (SSSR count). The molecule has 3 heterocycles. The lowest BCUT2D eigenvalue weighted by Gasteiger charge is -2.35. The molecule has 1 amide bonds. The van der Waals surface area contributed by atoms with E-state index in [2.05, 4.69) is 20.5 Å². The van der Waals surface area contributed by atoms with Gasteiger partial charge in [-0.3, -0.25) is 14.7 Å². The first-order chi connectivity index (χ1) is 11.7. The van der Waals surface area contributed by atoms with Gasteiger partial charge in [-0.15, -0.1) is 0 Å². The van der Waals surface area contributed by atoms with Crippen molar-refractivity contribution in [1.29, 1.82) is 0 Å². The predicted octanol–water partition coefficient (Wildman–Crippen LogP) is 0.0255. The summed E-state index contributed by atoms with van der Waals surface area (Å²) in [6, 6.07) is 0.918. The molecule has 3 fully saturated rings. The molecule has 0 aromatic heterocycles. The fraction of sp³-hybridized carbons (Fsp3) is 0.882. The first-order valence-electron chi connectivity index (χ1n) is 9.30. The molecular weight excluding hydrogens is 306 g/mol. The lowest BCUT2D eigenvalue weighted by molar-refractivity contribution is -0.129. The fourth-order valence-corrected chi connectivity index (χ4v) is 3.94. The number of nitrogens with one attached hydrogen (secondary N) is 2. The number of rotatable bonds is 4. The van der Waals surface area contributed by atoms with Gasteiger partial charge in [-0.25, -0.2) is 0 Å². The third-order valence-electron chi connectivity index (χ3n) is 5.37. The van der Waals surface area contributed by atoms with Crippen LogP contribution in [-0.4, -0.2) is 86.2 Å². The summed E-state index contributed by atoms with van der Waals surface area (Å²) >= 11 is 0. The Morgan fingerprint density at radius 2 is 2.17 bits per heavy atom. The van der Waals surface area contributed by atoms with Gasteiger partial charge in [-0.2, -0.15) is 0 Å². The molecule has 3 atom stereocenters. The van der Waals surface area contributed by atoms with Crippen molar-refractivity contribution < 1.29 is 9.53 Å². The summed E-state index contributed by atoms with van der Waals surface area (Å²) < 4.78 is 5.98. The van der Waals surface area contributed by atoms with Crippen LogP contribution in [0.4, 0.5) is 0 Å². The van der Waals surface area contributed by atoms with E-state index in [0.29, 0.717) is 12.5 Å². The number of guanidine groups is 1. The van der Waals surface area contributed by atoms with Crippen LogP contribution in [0.25, 0.3) is 0 Å². The van der Waals surface area contributed by atoms with Crippen molar-refractivity contribution in [2.24, 2.45) is 4.99 Å². The number of hydrogen-bond acceptors (Lipinski definition) is 4. The van der Waals surface area contributed by atoms with Crippen LogP contribution in [0.5, 0.6) is 0 Å². The van der Waals surface area contributed by atoms with Crippen LogP contribution in [0.1, 0.15) is 32.6 Å². The molecule has 136 valence electrons. The molecule has 7 nitrogen and oxygen atoms in total. The number of carbonyl (C=O) groups excluding carboxylic acids is 1. The molecule has 0 aromatic carbocycles. The Hall–Kier alpha value is -1.34. The number of morpholine rings is 1. The van der Waals surface area contributed by atoms with Crippen LogP contribution in [-0.2, 0) is 9.53 Å². The molecule has 0 bridgehead atoms. The van der Waals surface area contributed by atoms with E-state index in [1.165, 1.54) is 19.4 Å². The number of amides is 1. The van der Waals surface area contributed by atoms with E-state index in [9.17, 15) is 4.79 Å². The number of aliphatic imine (C=N–C) groups is 1. The SMILES string of the molecule is CCC(=O)N1CCC(NC(=NC)NCC2CN3CCCC3CO2)C1. The second kappa shape index (κ2) is 8.16. The van der Waals surface area contributed by atoms with Crippen LogP contribution < -0.4 is 10.6 Å². The molecular formula is C17H31N5O2. The summed E-state index contributed by atoms with van der Waals surface area (Å²) in [5.41, 5.74) is 0. The zero-order valence-electron chi connectivity index (χ0n) is 15.0. The topological polar surface area (TPSA) is 69.2 Å². The first kappa shape index (κ1) is 17.5. The average molecular weight is 337 g/mol. The number of hydrogen-bond donors (Lipinski definition) is 2. The van der Waals surface area contributed by atoms with Crippen LogP contribution in [0.2, 0.25) is 0 Å². The molecule has 3 saturated heterocycles. The highest BCUT2D eigenvalue weighted by atomic mass is 16.5. The smallest absolute Gasteiger partial charge is 0.222 e. The Morgan fingerprint density at radius 3 is 2.96 bits per heavy atom. The van der Waals surface area contributed by atoms with E-state index < -0.39 is 0 Å². The van der Waals surface area contributed by atoms with Gasteiger partial charge in [-0.05, 0) is 25.8 Å². The molecule has 3 aliphatic rings. The zero-order valence-corrected chi connectivity index (χ0v) is 15.0. The largest absolute Gasteiger partial charge is 0.373 e. The van der Waals surface area contributed by atoms with E-state index in [-0.39, 0.29) is 18.1 Å². The third kappa shape index (κ3) is 4.19. The van der Waals surface area contributed by atoms with Gasteiger partial charge in [0.25, 0.3) is 0 Å². The highest BCUT2D eigenvalue weighted by Crippen LogP contribution is 2.22. The number of fused-ring (bicyclic) bond motifs is 1. The standard InChI is InChI=1S/C17H31N5O2/c1-3-16(23)22-8-6-13(10-22)20-17(18-2)19-9-15-11-21-7-4-5-14(21)12-24-15/h13-15H,3-12H2,1-2H3,(H2,18,19,20). The van der Waals surface area contributed by atoms with E-state index in [1.807, 2.05) is 11.8 Å². The second-order valence-electron chi connectivity index (χ2n) is 7.02. The van der Waals surface area contributed by atoms with E-state index in [4.69, 9.17) is 4.74 Å². The highest BCUT2D eigenvalue weighted by molar-refractivity contribution is 5.80. The number of nitrogens with zero attached hydrogens (tertiary/aromatic N) is 3. The first-order valence-corrected chi connectivity index (χ1v) is 9.30. The van der Waals surface area contributed by atoms with E-state index in [1.54, 1.807) is 7.05 Å². The normalized spacial score (nSPS) is 31.2. The fourth-order valence-electron chi connectivity index (χ4n) is 3.94. The number of likely N-dealkylation sites (tertiary alicyclic amines) is 1. The van der Waals surface area contributed by atoms with Crippen molar-refractivity contribution in [1.82, 2.24) is 20.4 Å². The lowest BCUT2D eigenvalue weighted by Crippen LogP contribution is -2.52. The molecule has 0 spiro atoms. The molecule has 0 aliphatic carbocycles. The lowest BCUT2D eigenvalue weighted by atomic mass is 10.2. The highest BCUT2D eigenvalue weighted by Gasteiger charge is 2.32. The molecule has 0 saturated carbocycles. The Balaban J connectivity index is 1.40. The van der Waals surface area contributed by atoms with Crippen LogP contribution in [0.3, 0.4) is 0 Å². The molecule has 24 heavy (non-hydrogen) atoms. The van der Waals surface area contributed by atoms with Gasteiger partial charge in [0.2, 0.25) is 5.91 Å². The number of ether oxygens (including phenoxy) is 1. The molecule has 2 N–H and O–H groups in total. The van der Waals surface area contributed by atoms with Crippen LogP contribution in [0, 0.1) is 0 Å². The van der Waals surface area contributed by atoms with Crippen LogP contribution >= 0.6 is 0 Å². The average Bonchev–Trinajstić information content (AvgIpc) is 3.26. The molecule has 7 heteroatoms. The number of carbonyl (C=O) groups is 1. The quantitative estimate of drug-likeness (QED) is 0.559. The summed E-state index contributed by atoms with van der Waals surface area (Å²) in [4.78, 5) is 20.6. The minimum absolute atomic E-state index is 0.222. The van der Waals surface area contributed by atoms with Crippen molar-refractivity contribution in [2.45, 2.75) is 50.8 Å². The van der Waals surface area contributed by atoms with Gasteiger partial charge in [0.1, 0.15) is 0 Å². The van der Waals surface area contributed by atoms with Crippen molar-refractivity contribution in [3.8, 4) is 0 Å². The Bertz CT molecular complexity index is 470. The summed E-state index contributed by atoms with van der Waals surface area (Å²) in [6.45, 7) is 7.37. The van der Waals surface area contributed by atoms with Gasteiger partial charge < -0.3 is 20.3 Å². The van der Waals surface area contributed by atoms with Crippen molar-refractivity contribution in [2.75, 3.05) is 46.4 Å². The van der Waals surface area contributed by atoms with Crippen molar-refractivity contribution in [3.05, 3.63) is 0 Å². The van der Waals surface area contributed by atoms with Gasteiger partial charge in [0.15, 0.2) is 5.96 Å². The predicted molar refractivity (Wildman–Crippen MR) is 94.1 cm³/mol. The van der Waals surface area contributed by atoms with Gasteiger partial charge >= 0.3 is 0 Å². The van der Waals surface area contributed by atoms with E-state index >= 15 is 0 Å². The van der Waals surface area contributed by atoms with Crippen LogP contribution in [0.15, 0.2) is 4.99 Å². The summed E-state index contributed by atoms with van der Waals surface area (Å²) in [5.74, 6) is 1.04. The minimum atomic E-state index is 0.222. The molecule has 3 aliphatic heterocycles. The maximum atomic E-state index is 11.8. The van der Waals surface area contributed by atoms with Crippen molar-refractivity contribution >= 4 is 11.9 Å². The molecule has 0 radical (unpaired) electrons. The van der Waals surface area contributed by atoms with Gasteiger partial charge in [0.05, 0.1) is 12.7 Å². The van der Waals surface area contributed by atoms with Crippen molar-refractivity contribution in [3.63, 3.8) is 0 Å². The Morgan fingerprint density at radius 1 is 1.29 bits per heavy atom. The Labute approximate surface area is 144 Å². The maximum Gasteiger partial charge on any atom is 0.222 e. The van der Waals surface area contributed by atoms with E-state index in [0.717, 1.165) is 45.2 Å². The summed E-state index contributed by atoms with van der Waals surface area (Å²) in [7, 11) is 1.79. The minimum Gasteiger partial charge on any atom is -0.373 e. The maximum absolute atomic E-state index is 11.8. The second-order valence-corrected chi connectivity index (χ2v) is 7.02. The third-order valence-corrected chi connectivity index (χ3v) is 5.37. The monoisotopic (exact) mass is 337 g/mol. The molecule has 3 unspecified atom stereocenters. The summed E-state index contributed by atoms with van der Waals surface area (Å²) in [6.07, 6.45) is 4.35. The Kier molecular flexibility index (Phi) is 5.94.